The minimum absolute atomic E-state index is 0.0787. The Kier molecular flexibility index (Phi) is 3.05. The molecule has 0 amide bonds. The van der Waals surface area contributed by atoms with Gasteiger partial charge in [0.1, 0.15) is 0 Å². The molecule has 0 aromatic rings. The van der Waals surface area contributed by atoms with E-state index in [9.17, 15) is 8.78 Å². The molecular weight excluding hydrogens is 184 g/mol. The Hall–Kier alpha value is -0.180. The van der Waals surface area contributed by atoms with Gasteiger partial charge in [-0.1, -0.05) is 12.8 Å². The predicted molar refractivity (Wildman–Crippen MR) is 52.5 cm³/mol. The van der Waals surface area contributed by atoms with Crippen LogP contribution in [0.25, 0.3) is 0 Å². The second-order valence-electron chi connectivity index (χ2n) is 4.76. The summed E-state index contributed by atoms with van der Waals surface area (Å²) >= 11 is 0. The Morgan fingerprint density at radius 2 is 1.79 bits per heavy atom. The first kappa shape index (κ1) is 10.3. The second-order valence-corrected chi connectivity index (χ2v) is 4.76. The van der Waals surface area contributed by atoms with Crippen molar-refractivity contribution in [3.63, 3.8) is 0 Å². The summed E-state index contributed by atoms with van der Waals surface area (Å²) in [5, 5.41) is 3.06. The molecule has 1 N–H and O–H groups in total. The Morgan fingerprint density at radius 1 is 1.07 bits per heavy atom. The van der Waals surface area contributed by atoms with Crippen molar-refractivity contribution in [3.05, 3.63) is 0 Å². The van der Waals surface area contributed by atoms with Crippen molar-refractivity contribution in [2.24, 2.45) is 5.92 Å². The maximum atomic E-state index is 13.2. The lowest BCUT2D eigenvalue weighted by Gasteiger charge is -2.22. The van der Waals surface area contributed by atoms with Crippen molar-refractivity contribution >= 4 is 0 Å². The van der Waals surface area contributed by atoms with Crippen LogP contribution in [0.5, 0.6) is 0 Å². The summed E-state index contributed by atoms with van der Waals surface area (Å²) in [4.78, 5) is 0. The number of hydrogen-bond donors (Lipinski definition) is 1. The van der Waals surface area contributed by atoms with Crippen LogP contribution in [0.15, 0.2) is 0 Å². The minimum Gasteiger partial charge on any atom is -0.308 e. The third kappa shape index (κ3) is 2.25. The minimum atomic E-state index is -2.45. The normalized spacial score (nSPS) is 32.6. The van der Waals surface area contributed by atoms with E-state index in [4.69, 9.17) is 0 Å². The molecule has 0 bridgehead atoms. The number of rotatable bonds is 3. The predicted octanol–water partition coefficient (Wildman–Crippen LogP) is 2.95. The van der Waals surface area contributed by atoms with Gasteiger partial charge >= 0.3 is 0 Å². The molecule has 0 radical (unpaired) electrons. The summed E-state index contributed by atoms with van der Waals surface area (Å²) < 4.78 is 26.4. The molecule has 1 nitrogen and oxygen atoms in total. The molecule has 2 saturated carbocycles. The van der Waals surface area contributed by atoms with E-state index in [-0.39, 0.29) is 6.42 Å². The van der Waals surface area contributed by atoms with Crippen molar-refractivity contribution < 1.29 is 8.78 Å². The maximum absolute atomic E-state index is 13.2. The monoisotopic (exact) mass is 203 g/mol. The molecule has 0 saturated heterocycles. The lowest BCUT2D eigenvalue weighted by molar-refractivity contribution is -0.0186. The van der Waals surface area contributed by atoms with Crippen molar-refractivity contribution in [2.45, 2.75) is 56.9 Å². The number of hydrogen-bond acceptors (Lipinski definition) is 1. The lowest BCUT2D eigenvalue weighted by atomic mass is 10.1. The first-order valence-corrected chi connectivity index (χ1v) is 5.80. The van der Waals surface area contributed by atoms with Crippen LogP contribution in [0.1, 0.15) is 44.9 Å². The van der Waals surface area contributed by atoms with Gasteiger partial charge in [0.2, 0.25) is 0 Å². The van der Waals surface area contributed by atoms with Gasteiger partial charge in [-0.25, -0.2) is 8.78 Å². The largest absolute Gasteiger partial charge is 0.308 e. The van der Waals surface area contributed by atoms with E-state index in [0.29, 0.717) is 18.8 Å². The van der Waals surface area contributed by atoms with E-state index in [1.165, 1.54) is 25.7 Å². The molecule has 1 atom stereocenters. The number of nitrogens with one attached hydrogen (secondary N) is 1. The van der Waals surface area contributed by atoms with Crippen LogP contribution in [0, 0.1) is 5.92 Å². The summed E-state index contributed by atoms with van der Waals surface area (Å²) in [6.45, 7) is 0.806. The first-order chi connectivity index (χ1) is 6.68. The smallest absolute Gasteiger partial charge is 0.263 e. The van der Waals surface area contributed by atoms with Crippen LogP contribution in [0.2, 0.25) is 0 Å². The van der Waals surface area contributed by atoms with Crippen LogP contribution < -0.4 is 5.32 Å². The van der Waals surface area contributed by atoms with E-state index < -0.39 is 12.0 Å². The summed E-state index contributed by atoms with van der Waals surface area (Å²) in [6.07, 6.45) is 6.43. The molecule has 2 fully saturated rings. The zero-order valence-corrected chi connectivity index (χ0v) is 8.57. The first-order valence-electron chi connectivity index (χ1n) is 5.80. The number of halogens is 2. The molecule has 82 valence electrons. The molecule has 0 aliphatic heterocycles. The van der Waals surface area contributed by atoms with Crippen molar-refractivity contribution in [1.29, 1.82) is 0 Å². The fourth-order valence-corrected chi connectivity index (χ4v) is 2.70. The second kappa shape index (κ2) is 4.13. The van der Waals surface area contributed by atoms with Gasteiger partial charge in [0.15, 0.2) is 0 Å². The van der Waals surface area contributed by atoms with Gasteiger partial charge in [-0.15, -0.1) is 0 Å². The average Bonchev–Trinajstić information content (AvgIpc) is 2.71. The molecule has 2 rings (SSSR count). The van der Waals surface area contributed by atoms with Crippen LogP contribution in [0.3, 0.4) is 0 Å². The highest BCUT2D eigenvalue weighted by atomic mass is 19.3. The molecule has 0 aromatic heterocycles. The van der Waals surface area contributed by atoms with E-state index in [0.717, 1.165) is 6.54 Å². The van der Waals surface area contributed by atoms with Crippen molar-refractivity contribution in [3.8, 4) is 0 Å². The molecule has 0 spiro atoms. The zero-order valence-electron chi connectivity index (χ0n) is 8.57. The summed E-state index contributed by atoms with van der Waals surface area (Å²) in [5.74, 6) is -1.79. The SMILES string of the molecule is FC1(F)CCCC1NCC1CCCC1. The Balaban J connectivity index is 1.74. The third-order valence-electron chi connectivity index (χ3n) is 3.64. The fourth-order valence-electron chi connectivity index (χ4n) is 2.70. The third-order valence-corrected chi connectivity index (χ3v) is 3.64. The highest BCUT2D eigenvalue weighted by Crippen LogP contribution is 2.35. The highest BCUT2D eigenvalue weighted by Gasteiger charge is 2.43. The van der Waals surface area contributed by atoms with Gasteiger partial charge in [0, 0.05) is 6.42 Å². The highest BCUT2D eigenvalue weighted by molar-refractivity contribution is 4.90. The van der Waals surface area contributed by atoms with Gasteiger partial charge in [-0.3, -0.25) is 0 Å². The molecule has 0 aromatic carbocycles. The Morgan fingerprint density at radius 3 is 2.36 bits per heavy atom. The molecule has 0 heterocycles. The molecule has 14 heavy (non-hydrogen) atoms. The fraction of sp³-hybridized carbons (Fsp3) is 1.00. The molecule has 1 unspecified atom stereocenters. The Labute approximate surface area is 84.3 Å². The van der Waals surface area contributed by atoms with Crippen LogP contribution in [0.4, 0.5) is 8.78 Å². The molecule has 2 aliphatic rings. The van der Waals surface area contributed by atoms with Crippen LogP contribution in [-0.4, -0.2) is 18.5 Å². The number of alkyl halides is 2. The van der Waals surface area contributed by atoms with Gasteiger partial charge < -0.3 is 5.32 Å². The Bertz CT molecular complexity index is 188. The standard InChI is InChI=1S/C11H19F2N/c12-11(13)7-3-6-10(11)14-8-9-4-1-2-5-9/h9-10,14H,1-8H2. The topological polar surface area (TPSA) is 12.0 Å². The van der Waals surface area contributed by atoms with Crippen LogP contribution in [-0.2, 0) is 0 Å². The maximum Gasteiger partial charge on any atom is 0.263 e. The summed E-state index contributed by atoms with van der Waals surface area (Å²) in [6, 6.07) is -0.539. The van der Waals surface area contributed by atoms with Gasteiger partial charge in [-0.05, 0) is 38.1 Å². The lowest BCUT2D eigenvalue weighted by Crippen LogP contribution is -2.42. The zero-order chi connectivity index (χ0) is 10.0. The summed E-state index contributed by atoms with van der Waals surface area (Å²) in [5.41, 5.74) is 0. The molecule has 2 aliphatic carbocycles. The van der Waals surface area contributed by atoms with Gasteiger partial charge in [-0.2, -0.15) is 0 Å². The van der Waals surface area contributed by atoms with E-state index in [2.05, 4.69) is 5.32 Å². The molecular formula is C11H19F2N. The molecule has 3 heteroatoms. The van der Waals surface area contributed by atoms with Crippen molar-refractivity contribution in [2.75, 3.05) is 6.54 Å². The quantitative estimate of drug-likeness (QED) is 0.743. The van der Waals surface area contributed by atoms with Crippen LogP contribution >= 0.6 is 0 Å². The average molecular weight is 203 g/mol. The summed E-state index contributed by atoms with van der Waals surface area (Å²) in [7, 11) is 0. The van der Waals surface area contributed by atoms with E-state index >= 15 is 0 Å². The van der Waals surface area contributed by atoms with E-state index in [1.807, 2.05) is 0 Å². The van der Waals surface area contributed by atoms with E-state index in [1.54, 1.807) is 0 Å². The van der Waals surface area contributed by atoms with Gasteiger partial charge in [0.25, 0.3) is 5.92 Å². The van der Waals surface area contributed by atoms with Crippen molar-refractivity contribution in [1.82, 2.24) is 5.32 Å². The van der Waals surface area contributed by atoms with Gasteiger partial charge in [0.05, 0.1) is 6.04 Å².